The van der Waals surface area contributed by atoms with Gasteiger partial charge in [-0.3, -0.25) is 9.59 Å². The van der Waals surface area contributed by atoms with Crippen molar-refractivity contribution in [2.24, 2.45) is 0 Å². The van der Waals surface area contributed by atoms with Gasteiger partial charge in [-0.05, 0) is 38.8 Å². The van der Waals surface area contributed by atoms with Crippen LogP contribution in [0, 0.1) is 0 Å². The number of amides is 1. The molecule has 1 aromatic carbocycles. The van der Waals surface area contributed by atoms with Gasteiger partial charge in [0.05, 0.1) is 17.0 Å². The van der Waals surface area contributed by atoms with Gasteiger partial charge in [0, 0.05) is 12.6 Å². The Kier molecular flexibility index (Phi) is 3.53. The molecule has 1 aliphatic rings. The number of hydrogen-bond donors (Lipinski definition) is 1. The van der Waals surface area contributed by atoms with Crippen molar-refractivity contribution in [3.8, 4) is 0 Å². The molecule has 1 N–H and O–H groups in total. The van der Waals surface area contributed by atoms with Crippen LogP contribution in [0.4, 0.5) is 0 Å². The van der Waals surface area contributed by atoms with Gasteiger partial charge >= 0.3 is 0 Å². The SMILES string of the molecule is CC(C)(O)C1CCCN1C(=O)c1cc(=O)c2ccccc2o1. The Morgan fingerprint density at radius 1 is 1.36 bits per heavy atom. The second-order valence-electron chi connectivity index (χ2n) is 6.28. The van der Waals surface area contributed by atoms with Crippen molar-refractivity contribution in [1.82, 2.24) is 4.90 Å². The van der Waals surface area contributed by atoms with Crippen molar-refractivity contribution in [2.75, 3.05) is 6.54 Å². The van der Waals surface area contributed by atoms with Crippen LogP contribution in [0.15, 0.2) is 39.5 Å². The first-order valence-corrected chi connectivity index (χ1v) is 7.44. The zero-order chi connectivity index (χ0) is 15.9. The maximum Gasteiger partial charge on any atom is 0.290 e. The molecule has 5 heteroatoms. The molecule has 0 saturated carbocycles. The van der Waals surface area contributed by atoms with E-state index >= 15 is 0 Å². The third kappa shape index (κ3) is 2.52. The largest absolute Gasteiger partial charge is 0.451 e. The van der Waals surface area contributed by atoms with Crippen LogP contribution in [-0.2, 0) is 0 Å². The van der Waals surface area contributed by atoms with Gasteiger partial charge in [0.15, 0.2) is 11.2 Å². The van der Waals surface area contributed by atoms with Gasteiger partial charge < -0.3 is 14.4 Å². The van der Waals surface area contributed by atoms with Crippen LogP contribution in [0.5, 0.6) is 0 Å². The number of fused-ring (bicyclic) bond motifs is 1. The average Bonchev–Trinajstić information content (AvgIpc) is 2.96. The Morgan fingerprint density at radius 2 is 2.09 bits per heavy atom. The minimum atomic E-state index is -0.983. The maximum atomic E-state index is 12.7. The molecule has 1 aromatic heterocycles. The lowest BCUT2D eigenvalue weighted by Crippen LogP contribution is -2.48. The molecule has 2 heterocycles. The molecular weight excluding hydrogens is 282 g/mol. The summed E-state index contributed by atoms with van der Waals surface area (Å²) in [5.74, 6) is -0.313. The van der Waals surface area contributed by atoms with Gasteiger partial charge in [0.25, 0.3) is 5.91 Å². The quantitative estimate of drug-likeness (QED) is 0.923. The molecule has 1 amide bonds. The van der Waals surface area contributed by atoms with Gasteiger partial charge in [-0.1, -0.05) is 12.1 Å². The molecular formula is C17H19NO4. The minimum absolute atomic E-state index is 0.0276. The van der Waals surface area contributed by atoms with E-state index in [1.54, 1.807) is 43.0 Å². The number of benzene rings is 1. The number of hydrogen-bond acceptors (Lipinski definition) is 4. The number of carbonyl (C=O) groups is 1. The number of nitrogens with zero attached hydrogens (tertiary/aromatic N) is 1. The highest BCUT2D eigenvalue weighted by atomic mass is 16.3. The number of carbonyl (C=O) groups excluding carboxylic acids is 1. The summed E-state index contributed by atoms with van der Waals surface area (Å²) >= 11 is 0. The van der Waals surface area contributed by atoms with Gasteiger partial charge in [-0.2, -0.15) is 0 Å². The molecule has 1 aliphatic heterocycles. The molecule has 0 radical (unpaired) electrons. The second-order valence-corrected chi connectivity index (χ2v) is 6.28. The van der Waals surface area contributed by atoms with E-state index in [0.717, 1.165) is 12.8 Å². The fourth-order valence-corrected chi connectivity index (χ4v) is 3.10. The second kappa shape index (κ2) is 5.25. The summed E-state index contributed by atoms with van der Waals surface area (Å²) in [6.07, 6.45) is 1.57. The standard InChI is InChI=1S/C17H19NO4/c1-17(2,21)15-8-5-9-18(15)16(20)14-10-12(19)11-6-3-4-7-13(11)22-14/h3-4,6-7,10,15,21H,5,8-9H2,1-2H3. The van der Waals surface area contributed by atoms with Crippen LogP contribution in [-0.4, -0.2) is 34.1 Å². The lowest BCUT2D eigenvalue weighted by atomic mass is 9.96. The molecule has 2 aromatic rings. The molecule has 116 valence electrons. The van der Waals surface area contributed by atoms with Crippen molar-refractivity contribution in [2.45, 2.75) is 38.3 Å². The first kappa shape index (κ1) is 14.8. The summed E-state index contributed by atoms with van der Waals surface area (Å²) in [5, 5.41) is 10.7. The fourth-order valence-electron chi connectivity index (χ4n) is 3.10. The van der Waals surface area contributed by atoms with E-state index in [1.165, 1.54) is 6.07 Å². The predicted molar refractivity (Wildman–Crippen MR) is 82.8 cm³/mol. The van der Waals surface area contributed by atoms with E-state index in [1.807, 2.05) is 0 Å². The van der Waals surface area contributed by atoms with Crippen molar-refractivity contribution in [3.63, 3.8) is 0 Å². The minimum Gasteiger partial charge on any atom is -0.451 e. The molecule has 3 rings (SSSR count). The zero-order valence-electron chi connectivity index (χ0n) is 12.7. The Bertz CT molecular complexity index is 772. The Hall–Kier alpha value is -2.14. The molecule has 1 fully saturated rings. The van der Waals surface area contributed by atoms with E-state index in [0.29, 0.717) is 17.5 Å². The zero-order valence-corrected chi connectivity index (χ0v) is 12.7. The topological polar surface area (TPSA) is 70.8 Å². The maximum absolute atomic E-state index is 12.7. The molecule has 22 heavy (non-hydrogen) atoms. The third-order valence-corrected chi connectivity index (χ3v) is 4.17. The van der Waals surface area contributed by atoms with Crippen LogP contribution in [0.2, 0.25) is 0 Å². The van der Waals surface area contributed by atoms with Gasteiger partial charge in [0.2, 0.25) is 0 Å². The number of likely N-dealkylation sites (tertiary alicyclic amines) is 1. The summed E-state index contributed by atoms with van der Waals surface area (Å²) in [7, 11) is 0. The van der Waals surface area contributed by atoms with Gasteiger partial charge in [-0.15, -0.1) is 0 Å². The first-order valence-electron chi connectivity index (χ1n) is 7.44. The molecule has 0 aliphatic carbocycles. The Balaban J connectivity index is 2.00. The molecule has 1 atom stereocenters. The average molecular weight is 301 g/mol. The van der Waals surface area contributed by atoms with E-state index in [-0.39, 0.29) is 23.1 Å². The van der Waals surface area contributed by atoms with E-state index in [9.17, 15) is 14.7 Å². The summed E-state index contributed by atoms with van der Waals surface area (Å²) < 4.78 is 5.60. The van der Waals surface area contributed by atoms with Crippen molar-refractivity contribution < 1.29 is 14.3 Å². The monoisotopic (exact) mass is 301 g/mol. The summed E-state index contributed by atoms with van der Waals surface area (Å²) in [6, 6.07) is 7.83. The predicted octanol–water partition coefficient (Wildman–Crippen LogP) is 2.17. The van der Waals surface area contributed by atoms with E-state index < -0.39 is 5.60 Å². The molecule has 0 bridgehead atoms. The first-order chi connectivity index (χ1) is 10.4. The van der Waals surface area contributed by atoms with E-state index in [4.69, 9.17) is 4.42 Å². The summed E-state index contributed by atoms with van der Waals surface area (Å²) in [5.41, 5.74) is -0.815. The van der Waals surface area contributed by atoms with Crippen LogP contribution >= 0.6 is 0 Å². The Labute approximate surface area is 128 Å². The normalized spacial score (nSPS) is 18.9. The Morgan fingerprint density at radius 3 is 2.82 bits per heavy atom. The van der Waals surface area contributed by atoms with Crippen molar-refractivity contribution >= 4 is 16.9 Å². The number of aliphatic hydroxyl groups is 1. The van der Waals surface area contributed by atoms with Crippen LogP contribution in [0.1, 0.15) is 37.2 Å². The molecule has 1 unspecified atom stereocenters. The van der Waals surface area contributed by atoms with Crippen molar-refractivity contribution in [3.05, 3.63) is 46.3 Å². The lowest BCUT2D eigenvalue weighted by molar-refractivity contribution is -0.000742. The van der Waals surface area contributed by atoms with Crippen LogP contribution in [0.25, 0.3) is 11.0 Å². The lowest BCUT2D eigenvalue weighted by Gasteiger charge is -2.33. The number of para-hydroxylation sites is 1. The van der Waals surface area contributed by atoms with Gasteiger partial charge in [-0.25, -0.2) is 0 Å². The van der Waals surface area contributed by atoms with Crippen LogP contribution < -0.4 is 5.43 Å². The number of rotatable bonds is 2. The smallest absolute Gasteiger partial charge is 0.290 e. The molecule has 5 nitrogen and oxygen atoms in total. The highest BCUT2D eigenvalue weighted by Crippen LogP contribution is 2.28. The highest BCUT2D eigenvalue weighted by Gasteiger charge is 2.39. The van der Waals surface area contributed by atoms with E-state index in [2.05, 4.69) is 0 Å². The van der Waals surface area contributed by atoms with Gasteiger partial charge in [0.1, 0.15) is 5.58 Å². The summed E-state index contributed by atoms with van der Waals surface area (Å²) in [6.45, 7) is 3.95. The highest BCUT2D eigenvalue weighted by molar-refractivity contribution is 5.93. The fraction of sp³-hybridized carbons (Fsp3) is 0.412. The van der Waals surface area contributed by atoms with Crippen molar-refractivity contribution in [1.29, 1.82) is 0 Å². The van der Waals surface area contributed by atoms with Crippen LogP contribution in [0.3, 0.4) is 0 Å². The molecule has 0 spiro atoms. The molecule has 1 saturated heterocycles. The summed E-state index contributed by atoms with van der Waals surface area (Å²) in [4.78, 5) is 26.4. The third-order valence-electron chi connectivity index (χ3n) is 4.17.